The monoisotopic (exact) mass is 312 g/mol. The van der Waals surface area contributed by atoms with Crippen LogP contribution in [0.3, 0.4) is 0 Å². The van der Waals surface area contributed by atoms with Gasteiger partial charge in [0.15, 0.2) is 0 Å². The van der Waals surface area contributed by atoms with Gasteiger partial charge in [0.2, 0.25) is 0 Å². The number of hydrogen-bond donors (Lipinski definition) is 1. The van der Waals surface area contributed by atoms with E-state index in [-0.39, 0.29) is 11.6 Å². The molecule has 2 aromatic carbocycles. The Kier molecular flexibility index (Phi) is 3.97. The highest BCUT2D eigenvalue weighted by atomic mass is 31.2. The Labute approximate surface area is 131 Å². The van der Waals surface area contributed by atoms with Gasteiger partial charge >= 0.3 is 0 Å². The van der Waals surface area contributed by atoms with E-state index in [2.05, 4.69) is 0 Å². The summed E-state index contributed by atoms with van der Waals surface area (Å²) >= 11 is 0. The standard InChI is InChI=1S/C19H21O2P/c1-14-15(2)22(21,13-16-9-5-3-6-10-16)19(18(14)20)17-11-7-4-8-12-17/h3-12,14-15,20H,13H2,1-2H3/t14-,15+,22+/m0/s1. The molecule has 0 amide bonds. The zero-order chi connectivity index (χ0) is 15.7. The van der Waals surface area contributed by atoms with Crippen molar-refractivity contribution in [2.45, 2.75) is 25.7 Å². The highest BCUT2D eigenvalue weighted by Gasteiger charge is 2.47. The van der Waals surface area contributed by atoms with Crippen molar-refractivity contribution in [3.63, 3.8) is 0 Å². The minimum Gasteiger partial charge on any atom is -0.511 e. The van der Waals surface area contributed by atoms with Crippen LogP contribution in [0.2, 0.25) is 0 Å². The second kappa shape index (κ2) is 5.78. The van der Waals surface area contributed by atoms with Gasteiger partial charge in [-0.1, -0.05) is 74.5 Å². The van der Waals surface area contributed by atoms with Crippen molar-refractivity contribution < 1.29 is 9.67 Å². The van der Waals surface area contributed by atoms with E-state index in [9.17, 15) is 9.67 Å². The van der Waals surface area contributed by atoms with E-state index in [1.807, 2.05) is 74.5 Å². The molecule has 0 spiro atoms. The molecule has 1 aliphatic rings. The average Bonchev–Trinajstić information content (AvgIpc) is 2.70. The van der Waals surface area contributed by atoms with Gasteiger partial charge in [0.05, 0.1) is 5.31 Å². The Morgan fingerprint density at radius 2 is 1.50 bits per heavy atom. The summed E-state index contributed by atoms with van der Waals surface area (Å²) in [4.78, 5) is 0. The molecule has 0 fully saturated rings. The van der Waals surface area contributed by atoms with Crippen molar-refractivity contribution in [3.8, 4) is 0 Å². The quantitative estimate of drug-likeness (QED) is 0.758. The van der Waals surface area contributed by atoms with Gasteiger partial charge in [-0.3, -0.25) is 0 Å². The number of rotatable bonds is 3. The summed E-state index contributed by atoms with van der Waals surface area (Å²) < 4.78 is 13.8. The molecule has 2 aromatic rings. The molecule has 3 atom stereocenters. The lowest BCUT2D eigenvalue weighted by Gasteiger charge is -2.22. The Balaban J connectivity index is 2.10. The smallest absolute Gasteiger partial charge is 0.127 e. The number of allylic oxidation sites excluding steroid dienone is 1. The predicted molar refractivity (Wildman–Crippen MR) is 92.4 cm³/mol. The normalized spacial score (nSPS) is 28.1. The molecular weight excluding hydrogens is 291 g/mol. The molecule has 0 aromatic heterocycles. The lowest BCUT2D eigenvalue weighted by Crippen LogP contribution is -2.10. The fourth-order valence-corrected chi connectivity index (χ4v) is 6.89. The van der Waals surface area contributed by atoms with Crippen LogP contribution in [-0.4, -0.2) is 10.8 Å². The minimum absolute atomic E-state index is 0.0390. The first-order chi connectivity index (χ1) is 10.5. The van der Waals surface area contributed by atoms with Crippen molar-refractivity contribution in [3.05, 3.63) is 77.5 Å². The van der Waals surface area contributed by atoms with Crippen LogP contribution in [0, 0.1) is 5.92 Å². The van der Waals surface area contributed by atoms with E-state index in [1.165, 1.54) is 0 Å². The Morgan fingerprint density at radius 3 is 2.09 bits per heavy atom. The van der Waals surface area contributed by atoms with Crippen LogP contribution in [0.1, 0.15) is 25.0 Å². The van der Waals surface area contributed by atoms with Gasteiger partial charge in [-0.15, -0.1) is 0 Å². The van der Waals surface area contributed by atoms with Crippen molar-refractivity contribution >= 4 is 12.5 Å². The summed E-state index contributed by atoms with van der Waals surface area (Å²) in [6, 6.07) is 19.6. The molecular formula is C19H21O2P. The molecule has 0 bridgehead atoms. The summed E-state index contributed by atoms with van der Waals surface area (Å²) in [7, 11) is -2.70. The van der Waals surface area contributed by atoms with Gasteiger partial charge in [-0.25, -0.2) is 0 Å². The third kappa shape index (κ3) is 2.42. The largest absolute Gasteiger partial charge is 0.511 e. The molecule has 22 heavy (non-hydrogen) atoms. The van der Waals surface area contributed by atoms with Crippen LogP contribution >= 0.6 is 7.14 Å². The Bertz CT molecular complexity index is 735. The maximum absolute atomic E-state index is 13.8. The molecule has 0 saturated heterocycles. The zero-order valence-corrected chi connectivity index (χ0v) is 13.8. The van der Waals surface area contributed by atoms with Gasteiger partial charge in [0.25, 0.3) is 0 Å². The van der Waals surface area contributed by atoms with Crippen molar-refractivity contribution in [1.82, 2.24) is 0 Å². The van der Waals surface area contributed by atoms with Crippen LogP contribution in [0.15, 0.2) is 66.4 Å². The highest BCUT2D eigenvalue weighted by Crippen LogP contribution is 2.71. The second-order valence-corrected chi connectivity index (χ2v) is 9.24. The van der Waals surface area contributed by atoms with E-state index < -0.39 is 7.14 Å². The molecule has 0 radical (unpaired) electrons. The van der Waals surface area contributed by atoms with Crippen molar-refractivity contribution in [2.24, 2.45) is 5.92 Å². The molecule has 3 heteroatoms. The first-order valence-corrected chi connectivity index (χ1v) is 9.62. The molecule has 0 aliphatic carbocycles. The van der Waals surface area contributed by atoms with E-state index in [1.54, 1.807) is 0 Å². The van der Waals surface area contributed by atoms with E-state index in [0.717, 1.165) is 11.1 Å². The van der Waals surface area contributed by atoms with Crippen LogP contribution < -0.4 is 0 Å². The second-order valence-electron chi connectivity index (χ2n) is 6.07. The predicted octanol–water partition coefficient (Wildman–Crippen LogP) is 5.51. The maximum Gasteiger partial charge on any atom is 0.127 e. The van der Waals surface area contributed by atoms with E-state index in [0.29, 0.717) is 17.2 Å². The molecule has 3 rings (SSSR count). The van der Waals surface area contributed by atoms with E-state index in [4.69, 9.17) is 0 Å². The minimum atomic E-state index is -2.70. The number of benzene rings is 2. The topological polar surface area (TPSA) is 37.3 Å². The number of aliphatic hydroxyl groups excluding tert-OH is 1. The van der Waals surface area contributed by atoms with Crippen molar-refractivity contribution in [1.29, 1.82) is 0 Å². The van der Waals surface area contributed by atoms with Crippen LogP contribution in [0.5, 0.6) is 0 Å². The Hall–Kier alpha value is -1.79. The van der Waals surface area contributed by atoms with Gasteiger partial charge in [0, 0.05) is 17.7 Å². The third-order valence-corrected chi connectivity index (χ3v) is 8.58. The van der Waals surface area contributed by atoms with Crippen LogP contribution in [0.25, 0.3) is 5.31 Å². The third-order valence-electron chi connectivity index (χ3n) is 4.74. The summed E-state index contributed by atoms with van der Waals surface area (Å²) in [5, 5.41) is 11.3. The summed E-state index contributed by atoms with van der Waals surface area (Å²) in [6.45, 7) is 3.97. The molecule has 114 valence electrons. The number of aliphatic hydroxyl groups is 1. The summed E-state index contributed by atoms with van der Waals surface area (Å²) in [5.41, 5.74) is 1.91. The first-order valence-electron chi connectivity index (χ1n) is 7.66. The molecule has 1 heterocycles. The fraction of sp³-hybridized carbons (Fsp3) is 0.263. The lowest BCUT2D eigenvalue weighted by molar-refractivity contribution is 0.347. The fourth-order valence-electron chi connectivity index (χ4n) is 3.24. The SMILES string of the molecule is C[C@@H]1C(O)=C(c2ccccc2)[P@@](=O)(Cc2ccccc2)[C@@H]1C. The summed E-state index contributed by atoms with van der Waals surface area (Å²) in [6.07, 6.45) is 0.508. The van der Waals surface area contributed by atoms with Gasteiger partial charge < -0.3 is 9.67 Å². The van der Waals surface area contributed by atoms with Gasteiger partial charge in [-0.2, -0.15) is 0 Å². The molecule has 0 saturated carbocycles. The molecule has 1 N–H and O–H groups in total. The first kappa shape index (κ1) is 15.1. The van der Waals surface area contributed by atoms with Crippen LogP contribution in [-0.2, 0) is 10.7 Å². The van der Waals surface area contributed by atoms with E-state index >= 15 is 0 Å². The van der Waals surface area contributed by atoms with Crippen LogP contribution in [0.4, 0.5) is 0 Å². The highest BCUT2D eigenvalue weighted by molar-refractivity contribution is 7.74. The number of hydrogen-bond acceptors (Lipinski definition) is 2. The zero-order valence-electron chi connectivity index (χ0n) is 12.9. The summed E-state index contributed by atoms with van der Waals surface area (Å²) in [5.74, 6) is 0.239. The Morgan fingerprint density at radius 1 is 0.955 bits per heavy atom. The molecule has 1 aliphatic heterocycles. The maximum atomic E-state index is 13.8. The lowest BCUT2D eigenvalue weighted by atomic mass is 10.0. The molecule has 0 unspecified atom stereocenters. The van der Waals surface area contributed by atoms with Gasteiger partial charge in [-0.05, 0) is 11.1 Å². The van der Waals surface area contributed by atoms with Crippen molar-refractivity contribution in [2.75, 3.05) is 0 Å². The average molecular weight is 312 g/mol. The molecule has 2 nitrogen and oxygen atoms in total. The van der Waals surface area contributed by atoms with Gasteiger partial charge in [0.1, 0.15) is 12.9 Å².